The highest BCUT2D eigenvalue weighted by Gasteiger charge is 2.27. The van der Waals surface area contributed by atoms with Crippen molar-refractivity contribution in [2.24, 2.45) is 0 Å². The maximum Gasteiger partial charge on any atom is 0.317 e. The van der Waals surface area contributed by atoms with Crippen LogP contribution in [0.2, 0.25) is 0 Å². The van der Waals surface area contributed by atoms with Crippen LogP contribution < -0.4 is 10.6 Å². The van der Waals surface area contributed by atoms with Gasteiger partial charge < -0.3 is 15.5 Å². The molecule has 2 aliphatic rings. The van der Waals surface area contributed by atoms with E-state index in [1.807, 2.05) is 11.9 Å². The highest BCUT2D eigenvalue weighted by Crippen LogP contribution is 2.33. The molecule has 138 valence electrons. The van der Waals surface area contributed by atoms with E-state index in [1.54, 1.807) is 0 Å². The maximum atomic E-state index is 13.4. The van der Waals surface area contributed by atoms with Crippen molar-refractivity contribution in [2.45, 2.75) is 56.5 Å². The van der Waals surface area contributed by atoms with Gasteiger partial charge in [0.1, 0.15) is 11.6 Å². The van der Waals surface area contributed by atoms with Crippen LogP contribution >= 0.6 is 0 Å². The van der Waals surface area contributed by atoms with Crippen LogP contribution in [0.4, 0.5) is 13.6 Å². The van der Waals surface area contributed by atoms with Crippen molar-refractivity contribution in [3.63, 3.8) is 0 Å². The zero-order valence-corrected chi connectivity index (χ0v) is 14.7. The van der Waals surface area contributed by atoms with E-state index in [0.717, 1.165) is 63.2 Å². The average molecular weight is 351 g/mol. The monoisotopic (exact) mass is 351 g/mol. The minimum Gasteiger partial charge on any atom is -0.335 e. The van der Waals surface area contributed by atoms with Gasteiger partial charge in [0.2, 0.25) is 0 Å². The number of hydrogen-bond acceptors (Lipinski definition) is 2. The minimum absolute atomic E-state index is 0.00727. The molecule has 4 nitrogen and oxygen atoms in total. The Kier molecular flexibility index (Phi) is 5.89. The predicted molar refractivity (Wildman–Crippen MR) is 93.5 cm³/mol. The van der Waals surface area contributed by atoms with Crippen molar-refractivity contribution < 1.29 is 13.6 Å². The molecular formula is C19H27F2N3O. The number of carbonyl (C=O) groups is 1. The normalized spacial score (nSPS) is 24.8. The first-order valence-electron chi connectivity index (χ1n) is 9.23. The summed E-state index contributed by atoms with van der Waals surface area (Å²) in [6, 6.07) is 4.20. The summed E-state index contributed by atoms with van der Waals surface area (Å²) >= 11 is 0. The average Bonchev–Trinajstić information content (AvgIpc) is 2.61. The van der Waals surface area contributed by atoms with Crippen molar-refractivity contribution in [1.82, 2.24) is 15.5 Å². The summed E-state index contributed by atoms with van der Waals surface area (Å²) in [6.45, 7) is 1.91. The van der Waals surface area contributed by atoms with Gasteiger partial charge in [0, 0.05) is 25.2 Å². The first-order chi connectivity index (χ1) is 12.0. The van der Waals surface area contributed by atoms with Gasteiger partial charge in [0.25, 0.3) is 0 Å². The quantitative estimate of drug-likeness (QED) is 0.877. The van der Waals surface area contributed by atoms with Crippen molar-refractivity contribution >= 4 is 6.03 Å². The fraction of sp³-hybridized carbons (Fsp3) is 0.632. The third-order valence-electron chi connectivity index (χ3n) is 5.59. The second-order valence-electron chi connectivity index (χ2n) is 7.29. The molecule has 0 bridgehead atoms. The lowest BCUT2D eigenvalue weighted by Gasteiger charge is -2.35. The number of nitrogens with zero attached hydrogens (tertiary/aromatic N) is 1. The van der Waals surface area contributed by atoms with Crippen LogP contribution in [-0.4, -0.2) is 43.2 Å². The molecule has 0 aromatic heterocycles. The second-order valence-corrected chi connectivity index (χ2v) is 7.29. The van der Waals surface area contributed by atoms with Crippen LogP contribution in [0, 0.1) is 11.6 Å². The summed E-state index contributed by atoms with van der Waals surface area (Å²) < 4.78 is 26.8. The molecule has 1 saturated carbocycles. The number of carbonyl (C=O) groups excluding carboxylic acids is 1. The van der Waals surface area contributed by atoms with E-state index in [9.17, 15) is 13.6 Å². The Hall–Kier alpha value is -1.69. The van der Waals surface area contributed by atoms with E-state index in [1.165, 1.54) is 12.1 Å². The third kappa shape index (κ3) is 4.69. The van der Waals surface area contributed by atoms with Crippen LogP contribution in [0.5, 0.6) is 0 Å². The van der Waals surface area contributed by atoms with Gasteiger partial charge in [0.15, 0.2) is 0 Å². The van der Waals surface area contributed by atoms with E-state index in [4.69, 9.17) is 0 Å². The van der Waals surface area contributed by atoms with Crippen LogP contribution in [0.25, 0.3) is 0 Å². The molecule has 3 rings (SSSR count). The van der Waals surface area contributed by atoms with Gasteiger partial charge in [0.05, 0.1) is 0 Å². The molecule has 0 spiro atoms. The van der Waals surface area contributed by atoms with Gasteiger partial charge in [-0.25, -0.2) is 13.6 Å². The number of amides is 2. The topological polar surface area (TPSA) is 44.4 Å². The lowest BCUT2D eigenvalue weighted by atomic mass is 9.81. The summed E-state index contributed by atoms with van der Waals surface area (Å²) in [7, 11) is 1.87. The second kappa shape index (κ2) is 8.13. The van der Waals surface area contributed by atoms with Gasteiger partial charge >= 0.3 is 6.03 Å². The van der Waals surface area contributed by atoms with Crippen molar-refractivity contribution in [2.75, 3.05) is 20.1 Å². The van der Waals surface area contributed by atoms with E-state index in [0.29, 0.717) is 6.04 Å². The van der Waals surface area contributed by atoms with Crippen LogP contribution in [0.1, 0.15) is 50.0 Å². The number of piperidine rings is 1. The molecule has 25 heavy (non-hydrogen) atoms. The number of nitrogens with one attached hydrogen (secondary N) is 2. The number of benzene rings is 1. The van der Waals surface area contributed by atoms with Crippen molar-refractivity contribution in [3.05, 3.63) is 35.4 Å². The van der Waals surface area contributed by atoms with Crippen LogP contribution in [0.3, 0.4) is 0 Å². The van der Waals surface area contributed by atoms with Crippen molar-refractivity contribution in [1.29, 1.82) is 0 Å². The van der Waals surface area contributed by atoms with Crippen LogP contribution in [-0.2, 0) is 0 Å². The number of hydrogen-bond donors (Lipinski definition) is 2. The summed E-state index contributed by atoms with van der Waals surface area (Å²) in [5.41, 5.74) is 0.731. The summed E-state index contributed by atoms with van der Waals surface area (Å²) in [6.07, 6.45) is 5.34. The first kappa shape index (κ1) is 18.1. The smallest absolute Gasteiger partial charge is 0.317 e. The molecule has 6 heteroatoms. The standard InChI is InChI=1S/C19H27F2N3O/c1-24(18-6-8-22-9-7-18)19(25)23-17-4-2-13(3-5-17)14-10-15(20)12-16(21)11-14/h10-13,17-18,22H,2-9H2,1H3,(H,23,25). The Balaban J connectivity index is 1.49. The largest absolute Gasteiger partial charge is 0.335 e. The fourth-order valence-electron chi connectivity index (χ4n) is 4.02. The SMILES string of the molecule is CN(C(=O)NC1CCC(c2cc(F)cc(F)c2)CC1)C1CCNCC1. The minimum atomic E-state index is -0.519. The van der Waals surface area contributed by atoms with Gasteiger partial charge in [-0.15, -0.1) is 0 Å². The van der Waals surface area contributed by atoms with E-state index < -0.39 is 11.6 Å². The molecule has 2 N–H and O–H groups in total. The highest BCUT2D eigenvalue weighted by molar-refractivity contribution is 5.74. The molecule has 1 aliphatic heterocycles. The first-order valence-corrected chi connectivity index (χ1v) is 9.23. The van der Waals surface area contributed by atoms with E-state index in [2.05, 4.69) is 10.6 Å². The summed E-state index contributed by atoms with van der Waals surface area (Å²) in [5, 5.41) is 6.44. The molecular weight excluding hydrogens is 324 g/mol. The number of halogens is 2. The Labute approximate surface area is 148 Å². The van der Waals surface area contributed by atoms with Gasteiger partial charge in [-0.2, -0.15) is 0 Å². The molecule has 1 aromatic carbocycles. The lowest BCUT2D eigenvalue weighted by molar-refractivity contribution is 0.169. The Morgan fingerprint density at radius 3 is 2.24 bits per heavy atom. The lowest BCUT2D eigenvalue weighted by Crippen LogP contribution is -2.50. The zero-order chi connectivity index (χ0) is 17.8. The van der Waals surface area contributed by atoms with Gasteiger partial charge in [-0.3, -0.25) is 0 Å². The van der Waals surface area contributed by atoms with E-state index >= 15 is 0 Å². The molecule has 1 aromatic rings. The Morgan fingerprint density at radius 2 is 1.64 bits per heavy atom. The Morgan fingerprint density at radius 1 is 1.04 bits per heavy atom. The molecule has 0 radical (unpaired) electrons. The molecule has 1 saturated heterocycles. The summed E-state index contributed by atoms with van der Waals surface area (Å²) in [5.74, 6) is -0.872. The molecule has 1 heterocycles. The number of rotatable bonds is 3. The Bertz CT molecular complexity index is 576. The molecule has 1 aliphatic carbocycles. The third-order valence-corrected chi connectivity index (χ3v) is 5.59. The predicted octanol–water partition coefficient (Wildman–Crippen LogP) is 3.38. The van der Waals surface area contributed by atoms with Gasteiger partial charge in [-0.05, 0) is 75.2 Å². The maximum absolute atomic E-state index is 13.4. The molecule has 0 unspecified atom stereocenters. The number of urea groups is 1. The summed E-state index contributed by atoms with van der Waals surface area (Å²) in [4.78, 5) is 14.3. The highest BCUT2D eigenvalue weighted by atomic mass is 19.1. The van der Waals surface area contributed by atoms with Gasteiger partial charge in [-0.1, -0.05) is 0 Å². The molecule has 2 fully saturated rings. The zero-order valence-electron chi connectivity index (χ0n) is 14.7. The van der Waals surface area contributed by atoms with Crippen molar-refractivity contribution in [3.8, 4) is 0 Å². The van der Waals surface area contributed by atoms with Crippen LogP contribution in [0.15, 0.2) is 18.2 Å². The van der Waals surface area contributed by atoms with E-state index in [-0.39, 0.29) is 18.0 Å². The molecule has 2 amide bonds. The molecule has 0 atom stereocenters. The fourth-order valence-corrected chi connectivity index (χ4v) is 4.02.